The van der Waals surface area contributed by atoms with E-state index in [4.69, 9.17) is 16.1 Å². The molecule has 1 amide bonds. The normalized spacial score (nSPS) is 11.0. The lowest BCUT2D eigenvalue weighted by molar-refractivity contribution is 0.0949. The second kappa shape index (κ2) is 6.86. The van der Waals surface area contributed by atoms with Gasteiger partial charge in [0.05, 0.1) is 27.7 Å². The molecule has 130 valence electrons. The second-order valence-electron chi connectivity index (χ2n) is 5.63. The number of pyridine rings is 1. The highest BCUT2D eigenvalue weighted by molar-refractivity contribution is 7.22. The summed E-state index contributed by atoms with van der Waals surface area (Å²) in [5, 5.41) is 4.87. The first-order valence-electron chi connectivity index (χ1n) is 7.82. The molecule has 0 fully saturated rings. The minimum atomic E-state index is -0.327. The zero-order valence-electron chi connectivity index (χ0n) is 13.7. The molecule has 8 heteroatoms. The number of anilines is 1. The van der Waals surface area contributed by atoms with Gasteiger partial charge in [-0.05, 0) is 31.2 Å². The number of carbonyl (C=O) groups is 1. The van der Waals surface area contributed by atoms with Crippen molar-refractivity contribution in [3.05, 3.63) is 70.8 Å². The Morgan fingerprint density at radius 1 is 1.27 bits per heavy atom. The lowest BCUT2D eigenvalue weighted by atomic mass is 10.3. The first kappa shape index (κ1) is 16.7. The van der Waals surface area contributed by atoms with Gasteiger partial charge in [-0.2, -0.15) is 0 Å². The number of nitrogens with zero attached hydrogens (tertiary/aromatic N) is 4. The van der Waals surface area contributed by atoms with E-state index in [1.165, 1.54) is 16.2 Å². The van der Waals surface area contributed by atoms with Crippen LogP contribution in [0.15, 0.2) is 53.2 Å². The average Bonchev–Trinajstić information content (AvgIpc) is 3.27. The number of aryl methyl sites for hydroxylation is 1. The van der Waals surface area contributed by atoms with Crippen LogP contribution in [0.1, 0.15) is 21.9 Å². The maximum Gasteiger partial charge on any atom is 0.299 e. The fraction of sp³-hybridized carbons (Fsp3) is 0.111. The molecule has 1 aromatic carbocycles. The van der Waals surface area contributed by atoms with Crippen LogP contribution >= 0.6 is 22.9 Å². The molecule has 3 heterocycles. The van der Waals surface area contributed by atoms with Crippen LogP contribution in [-0.4, -0.2) is 21.0 Å². The van der Waals surface area contributed by atoms with E-state index >= 15 is 0 Å². The maximum atomic E-state index is 13.0. The number of thiazole rings is 1. The zero-order valence-corrected chi connectivity index (χ0v) is 15.3. The lowest BCUT2D eigenvalue weighted by Crippen LogP contribution is -2.30. The number of rotatable bonds is 4. The molecule has 0 saturated heterocycles. The van der Waals surface area contributed by atoms with Crippen LogP contribution in [0.25, 0.3) is 10.2 Å². The molecule has 0 atom stereocenters. The van der Waals surface area contributed by atoms with Gasteiger partial charge in [0, 0.05) is 12.3 Å². The monoisotopic (exact) mass is 384 g/mol. The Morgan fingerprint density at radius 3 is 2.85 bits per heavy atom. The SMILES string of the molecule is Cc1cc(C(=O)N(Cc2ccccn2)c2nc3c(Cl)cccc3s2)on1. The largest absolute Gasteiger partial charge is 0.351 e. The summed E-state index contributed by atoms with van der Waals surface area (Å²) in [6.07, 6.45) is 1.69. The third-order valence-corrected chi connectivity index (χ3v) is 5.07. The van der Waals surface area contributed by atoms with Crippen molar-refractivity contribution >= 4 is 44.2 Å². The number of fused-ring (bicyclic) bond motifs is 1. The van der Waals surface area contributed by atoms with Crippen molar-refractivity contribution in [3.8, 4) is 0 Å². The molecule has 0 radical (unpaired) electrons. The van der Waals surface area contributed by atoms with Crippen LogP contribution in [-0.2, 0) is 6.54 Å². The van der Waals surface area contributed by atoms with Crippen LogP contribution in [0.3, 0.4) is 0 Å². The van der Waals surface area contributed by atoms with Gasteiger partial charge in [0.2, 0.25) is 5.76 Å². The Bertz CT molecular complexity index is 1080. The van der Waals surface area contributed by atoms with E-state index in [1.54, 1.807) is 25.3 Å². The predicted octanol–water partition coefficient (Wildman–Crippen LogP) is 4.49. The Hall–Kier alpha value is -2.77. The highest BCUT2D eigenvalue weighted by atomic mass is 35.5. The molecule has 0 aliphatic rings. The molecule has 0 bridgehead atoms. The summed E-state index contributed by atoms with van der Waals surface area (Å²) >= 11 is 7.62. The number of amides is 1. The number of benzene rings is 1. The van der Waals surface area contributed by atoms with Crippen LogP contribution in [0.4, 0.5) is 5.13 Å². The van der Waals surface area contributed by atoms with Gasteiger partial charge in [0.15, 0.2) is 5.13 Å². The summed E-state index contributed by atoms with van der Waals surface area (Å²) < 4.78 is 6.06. The number of hydrogen-bond donors (Lipinski definition) is 0. The van der Waals surface area contributed by atoms with E-state index in [0.717, 1.165) is 10.4 Å². The molecule has 26 heavy (non-hydrogen) atoms. The molecule has 0 aliphatic heterocycles. The molecule has 0 aliphatic carbocycles. The number of halogens is 1. The molecule has 0 saturated carbocycles. The van der Waals surface area contributed by atoms with Crippen molar-refractivity contribution in [2.45, 2.75) is 13.5 Å². The van der Waals surface area contributed by atoms with E-state index in [0.29, 0.717) is 21.4 Å². The molecular weight excluding hydrogens is 372 g/mol. The fourth-order valence-electron chi connectivity index (χ4n) is 2.50. The van der Waals surface area contributed by atoms with Crippen LogP contribution in [0.5, 0.6) is 0 Å². The van der Waals surface area contributed by atoms with Crippen molar-refractivity contribution < 1.29 is 9.32 Å². The summed E-state index contributed by atoms with van der Waals surface area (Å²) in [5.74, 6) is -0.171. The van der Waals surface area contributed by atoms with Crippen molar-refractivity contribution in [2.24, 2.45) is 0 Å². The van der Waals surface area contributed by atoms with Gasteiger partial charge in [-0.15, -0.1) is 0 Å². The first-order chi connectivity index (χ1) is 12.6. The Labute approximate surface area is 158 Å². The predicted molar refractivity (Wildman–Crippen MR) is 101 cm³/mol. The third kappa shape index (κ3) is 3.18. The van der Waals surface area contributed by atoms with Gasteiger partial charge in [0.1, 0.15) is 5.52 Å². The van der Waals surface area contributed by atoms with Crippen molar-refractivity contribution in [3.63, 3.8) is 0 Å². The maximum absolute atomic E-state index is 13.0. The molecule has 0 N–H and O–H groups in total. The Balaban J connectivity index is 1.78. The molecule has 4 aromatic rings. The fourth-order valence-corrected chi connectivity index (χ4v) is 3.76. The molecule has 0 unspecified atom stereocenters. The minimum absolute atomic E-state index is 0.156. The smallest absolute Gasteiger partial charge is 0.299 e. The zero-order chi connectivity index (χ0) is 18.1. The van der Waals surface area contributed by atoms with Crippen LogP contribution in [0.2, 0.25) is 5.02 Å². The second-order valence-corrected chi connectivity index (χ2v) is 7.04. The third-order valence-electron chi connectivity index (χ3n) is 3.72. The number of carbonyl (C=O) groups excluding carboxylic acids is 1. The van der Waals surface area contributed by atoms with E-state index in [9.17, 15) is 4.79 Å². The van der Waals surface area contributed by atoms with Gasteiger partial charge >= 0.3 is 0 Å². The van der Waals surface area contributed by atoms with Gasteiger partial charge in [-0.1, -0.05) is 40.2 Å². The summed E-state index contributed by atoms with van der Waals surface area (Å²) in [7, 11) is 0. The topological polar surface area (TPSA) is 72.1 Å². The van der Waals surface area contributed by atoms with E-state index in [2.05, 4.69) is 15.1 Å². The quantitative estimate of drug-likeness (QED) is 0.518. The standard InChI is InChI=1S/C18H13ClN4O2S/c1-11-9-14(25-22-11)17(24)23(10-12-5-2-3-8-20-12)18-21-16-13(19)6-4-7-15(16)26-18/h2-9H,10H2,1H3. The number of para-hydroxylation sites is 1. The van der Waals surface area contributed by atoms with E-state index < -0.39 is 0 Å². The van der Waals surface area contributed by atoms with Crippen molar-refractivity contribution in [2.75, 3.05) is 4.90 Å². The van der Waals surface area contributed by atoms with Crippen molar-refractivity contribution in [1.29, 1.82) is 0 Å². The van der Waals surface area contributed by atoms with Gasteiger partial charge in [-0.3, -0.25) is 14.7 Å². The van der Waals surface area contributed by atoms with Crippen LogP contribution < -0.4 is 4.90 Å². The number of aromatic nitrogens is 3. The summed E-state index contributed by atoms with van der Waals surface area (Å²) in [6.45, 7) is 2.03. The van der Waals surface area contributed by atoms with Gasteiger partial charge in [-0.25, -0.2) is 4.98 Å². The number of hydrogen-bond acceptors (Lipinski definition) is 6. The average molecular weight is 385 g/mol. The molecule has 0 spiro atoms. The van der Waals surface area contributed by atoms with Crippen molar-refractivity contribution in [1.82, 2.24) is 15.1 Å². The Morgan fingerprint density at radius 2 is 2.15 bits per heavy atom. The highest BCUT2D eigenvalue weighted by Gasteiger charge is 2.25. The summed E-state index contributed by atoms with van der Waals surface area (Å²) in [5.41, 5.74) is 2.04. The molecular formula is C18H13ClN4O2S. The van der Waals surface area contributed by atoms with Gasteiger partial charge < -0.3 is 4.52 Å². The molecule has 6 nitrogen and oxygen atoms in total. The summed E-state index contributed by atoms with van der Waals surface area (Å²) in [4.78, 5) is 23.4. The highest BCUT2D eigenvalue weighted by Crippen LogP contribution is 2.34. The molecule has 3 aromatic heterocycles. The van der Waals surface area contributed by atoms with E-state index in [1.807, 2.05) is 30.3 Å². The lowest BCUT2D eigenvalue weighted by Gasteiger charge is -2.17. The van der Waals surface area contributed by atoms with E-state index in [-0.39, 0.29) is 18.2 Å². The minimum Gasteiger partial charge on any atom is -0.351 e. The van der Waals surface area contributed by atoms with Crippen LogP contribution in [0, 0.1) is 6.92 Å². The van der Waals surface area contributed by atoms with Gasteiger partial charge in [0.25, 0.3) is 5.91 Å². The Kier molecular flexibility index (Phi) is 4.40. The first-order valence-corrected chi connectivity index (χ1v) is 9.01. The summed E-state index contributed by atoms with van der Waals surface area (Å²) in [6, 6.07) is 12.7. The molecule has 4 rings (SSSR count).